The second kappa shape index (κ2) is 9.44. The minimum absolute atomic E-state index is 0.0533. The van der Waals surface area contributed by atoms with Gasteiger partial charge in [0.25, 0.3) is 0 Å². The third kappa shape index (κ3) is 5.12. The van der Waals surface area contributed by atoms with Gasteiger partial charge in [-0.2, -0.15) is 0 Å². The number of nitrogens with one attached hydrogen (secondary N) is 1. The Kier molecular flexibility index (Phi) is 6.66. The smallest absolute Gasteiger partial charge is 0.307 e. The van der Waals surface area contributed by atoms with Gasteiger partial charge in [-0.3, -0.25) is 4.79 Å². The van der Waals surface area contributed by atoms with Gasteiger partial charge in [0.05, 0.1) is 16.6 Å². The number of sulfonamides is 1. The lowest BCUT2D eigenvalue weighted by Gasteiger charge is -2.18. The van der Waals surface area contributed by atoms with E-state index in [9.17, 15) is 13.2 Å². The van der Waals surface area contributed by atoms with Crippen molar-refractivity contribution in [2.24, 2.45) is 0 Å². The fraction of sp³-hybridized carbons (Fsp3) is 0.227. The monoisotopic (exact) mass is 475 g/mol. The first-order valence-corrected chi connectivity index (χ1v) is 13.1. The van der Waals surface area contributed by atoms with Crippen LogP contribution in [0.15, 0.2) is 64.9 Å². The molecule has 9 heteroatoms. The van der Waals surface area contributed by atoms with Crippen LogP contribution in [0.4, 0.5) is 0 Å². The molecular formula is C22H21NO5S3. The molecule has 0 bridgehead atoms. The number of aliphatic carboxylic acids is 1. The summed E-state index contributed by atoms with van der Waals surface area (Å²) in [5.41, 5.74) is 2.74. The molecule has 0 fully saturated rings. The van der Waals surface area contributed by atoms with Crippen LogP contribution >= 0.6 is 23.1 Å². The van der Waals surface area contributed by atoms with E-state index in [1.54, 1.807) is 59.5 Å². The lowest BCUT2D eigenvalue weighted by Crippen LogP contribution is -2.26. The van der Waals surface area contributed by atoms with Gasteiger partial charge < -0.3 is 9.84 Å². The fourth-order valence-corrected chi connectivity index (χ4v) is 7.00. The number of fused-ring (bicyclic) bond motifs is 2. The molecule has 0 amide bonds. The van der Waals surface area contributed by atoms with Crippen LogP contribution < -0.4 is 9.46 Å². The van der Waals surface area contributed by atoms with E-state index in [1.165, 1.54) is 0 Å². The predicted octanol–water partition coefficient (Wildman–Crippen LogP) is 4.07. The molecule has 1 atom stereocenters. The third-order valence-corrected chi connectivity index (χ3v) is 8.76. The fourth-order valence-electron chi connectivity index (χ4n) is 3.41. The molecule has 1 aliphatic heterocycles. The Hall–Kier alpha value is -2.33. The lowest BCUT2D eigenvalue weighted by atomic mass is 10.0. The van der Waals surface area contributed by atoms with Gasteiger partial charge in [-0.05, 0) is 35.2 Å². The van der Waals surface area contributed by atoms with Gasteiger partial charge in [-0.25, -0.2) is 13.1 Å². The number of hydrogen-bond donors (Lipinski definition) is 2. The number of carbonyl (C=O) groups is 1. The largest absolute Gasteiger partial charge is 0.489 e. The van der Waals surface area contributed by atoms with Gasteiger partial charge >= 0.3 is 5.97 Å². The number of carboxylic acids is 1. The summed E-state index contributed by atoms with van der Waals surface area (Å²) in [6.45, 7) is 0.742. The molecule has 162 valence electrons. The average molecular weight is 476 g/mol. The minimum Gasteiger partial charge on any atom is -0.489 e. The van der Waals surface area contributed by atoms with E-state index in [-0.39, 0.29) is 23.1 Å². The maximum atomic E-state index is 12.4. The van der Waals surface area contributed by atoms with Crippen molar-refractivity contribution in [1.29, 1.82) is 0 Å². The maximum absolute atomic E-state index is 12.4. The van der Waals surface area contributed by atoms with E-state index in [0.29, 0.717) is 17.9 Å². The van der Waals surface area contributed by atoms with E-state index in [2.05, 4.69) is 4.72 Å². The highest BCUT2D eigenvalue weighted by Crippen LogP contribution is 2.46. The molecule has 0 aliphatic carbocycles. The number of ether oxygens (including phenoxy) is 1. The molecule has 0 saturated carbocycles. The summed E-state index contributed by atoms with van der Waals surface area (Å²) in [5, 5.41) is 11.1. The highest BCUT2D eigenvalue weighted by Gasteiger charge is 2.27. The van der Waals surface area contributed by atoms with E-state index < -0.39 is 16.0 Å². The zero-order chi connectivity index (χ0) is 21.8. The van der Waals surface area contributed by atoms with Crippen molar-refractivity contribution in [2.75, 3.05) is 12.3 Å². The van der Waals surface area contributed by atoms with Crippen molar-refractivity contribution in [3.05, 3.63) is 81.5 Å². The number of rotatable bonds is 8. The van der Waals surface area contributed by atoms with Gasteiger partial charge in [0.2, 0.25) is 10.0 Å². The number of thioether (sulfide) groups is 1. The molecule has 6 nitrogen and oxygen atoms in total. The molecule has 2 N–H and O–H groups in total. The highest BCUT2D eigenvalue weighted by molar-refractivity contribution is 7.99. The quantitative estimate of drug-likeness (QED) is 0.477. The Morgan fingerprint density at radius 2 is 2.00 bits per heavy atom. The normalized spacial score (nSPS) is 15.4. The predicted molar refractivity (Wildman–Crippen MR) is 122 cm³/mol. The van der Waals surface area contributed by atoms with Crippen LogP contribution in [0.5, 0.6) is 5.75 Å². The van der Waals surface area contributed by atoms with Crippen molar-refractivity contribution in [2.45, 2.75) is 23.2 Å². The molecule has 4 rings (SSSR count). The second-order valence-electron chi connectivity index (χ2n) is 7.00. The van der Waals surface area contributed by atoms with Crippen LogP contribution in [-0.4, -0.2) is 31.8 Å². The summed E-state index contributed by atoms with van der Waals surface area (Å²) >= 11 is 3.26. The zero-order valence-corrected chi connectivity index (χ0v) is 18.9. The number of hydrogen-bond acceptors (Lipinski definition) is 6. The summed E-state index contributed by atoms with van der Waals surface area (Å²) in [6.07, 6.45) is -0.0567. The van der Waals surface area contributed by atoms with Crippen molar-refractivity contribution in [3.63, 3.8) is 0 Å². The van der Waals surface area contributed by atoms with Crippen molar-refractivity contribution in [1.82, 2.24) is 4.72 Å². The van der Waals surface area contributed by atoms with Crippen molar-refractivity contribution < 1.29 is 23.1 Å². The number of benzene rings is 2. The van der Waals surface area contributed by atoms with Crippen LogP contribution in [0.1, 0.15) is 26.8 Å². The average Bonchev–Trinajstić information content (AvgIpc) is 3.16. The molecule has 1 unspecified atom stereocenters. The molecule has 0 spiro atoms. The third-order valence-electron chi connectivity index (χ3n) is 4.85. The molecular weight excluding hydrogens is 454 g/mol. The van der Waals surface area contributed by atoms with Crippen LogP contribution in [-0.2, 0) is 27.8 Å². The highest BCUT2D eigenvalue weighted by atomic mass is 32.2. The zero-order valence-electron chi connectivity index (χ0n) is 16.5. The first-order valence-electron chi connectivity index (χ1n) is 9.64. The van der Waals surface area contributed by atoms with E-state index in [0.717, 1.165) is 21.8 Å². The molecule has 2 aromatic carbocycles. The molecule has 3 aromatic rings. The molecule has 2 heterocycles. The maximum Gasteiger partial charge on any atom is 0.307 e. The van der Waals surface area contributed by atoms with Crippen molar-refractivity contribution >= 4 is 39.1 Å². The number of thiophene rings is 1. The van der Waals surface area contributed by atoms with Gasteiger partial charge in [0.15, 0.2) is 0 Å². The van der Waals surface area contributed by atoms with Gasteiger partial charge in [-0.15, -0.1) is 23.1 Å². The van der Waals surface area contributed by atoms with Crippen LogP contribution in [0.2, 0.25) is 0 Å². The summed E-state index contributed by atoms with van der Waals surface area (Å²) in [7, 11) is -3.55. The summed E-state index contributed by atoms with van der Waals surface area (Å²) < 4.78 is 33.5. The van der Waals surface area contributed by atoms with E-state index in [1.807, 2.05) is 23.6 Å². The van der Waals surface area contributed by atoms with Gasteiger partial charge in [-0.1, -0.05) is 30.3 Å². The minimum atomic E-state index is -3.55. The first kappa shape index (κ1) is 21.9. The molecule has 31 heavy (non-hydrogen) atoms. The van der Waals surface area contributed by atoms with Crippen LogP contribution in [0.25, 0.3) is 0 Å². The molecule has 0 saturated heterocycles. The lowest BCUT2D eigenvalue weighted by molar-refractivity contribution is -0.136. The molecule has 1 aromatic heterocycles. The Bertz CT molecular complexity index is 1170. The second-order valence-corrected chi connectivity index (χ2v) is 10.9. The SMILES string of the molecule is O=C(O)Cc1ccc2c(c1)C(SCCNS(=O)(=O)c1ccccc1)c1sccc1CO2. The summed E-state index contributed by atoms with van der Waals surface area (Å²) in [5.74, 6) is 0.405. The van der Waals surface area contributed by atoms with Crippen LogP contribution in [0, 0.1) is 0 Å². The van der Waals surface area contributed by atoms with Crippen molar-refractivity contribution in [3.8, 4) is 5.75 Å². The van der Waals surface area contributed by atoms with Gasteiger partial charge in [0, 0.05) is 28.3 Å². The van der Waals surface area contributed by atoms with Gasteiger partial charge in [0.1, 0.15) is 12.4 Å². The Balaban J connectivity index is 1.52. The van der Waals surface area contributed by atoms with Crippen LogP contribution in [0.3, 0.4) is 0 Å². The Morgan fingerprint density at radius 1 is 1.19 bits per heavy atom. The first-order chi connectivity index (χ1) is 14.9. The number of carboxylic acid groups (broad SMARTS) is 1. The molecule has 1 aliphatic rings. The molecule has 0 radical (unpaired) electrons. The summed E-state index contributed by atoms with van der Waals surface area (Å²) in [4.78, 5) is 12.6. The topological polar surface area (TPSA) is 92.7 Å². The summed E-state index contributed by atoms with van der Waals surface area (Å²) in [6, 6.07) is 15.8. The standard InChI is InChI=1S/C22H21NO5S3/c24-20(25)13-15-6-7-19-18(12-15)22(21-16(14-28-19)8-10-29-21)30-11-9-23-31(26,27)17-4-2-1-3-5-17/h1-8,10,12,22-23H,9,11,13-14H2,(H,24,25). The Morgan fingerprint density at radius 3 is 2.77 bits per heavy atom. The Labute approximate surface area is 189 Å². The van der Waals surface area contributed by atoms with E-state index in [4.69, 9.17) is 9.84 Å². The van der Waals surface area contributed by atoms with E-state index >= 15 is 0 Å².